The fourth-order valence-corrected chi connectivity index (χ4v) is 7.80. The summed E-state index contributed by atoms with van der Waals surface area (Å²) in [5.74, 6) is 2.33. The smallest absolute Gasteiger partial charge is 0.183 e. The van der Waals surface area contributed by atoms with Crippen molar-refractivity contribution in [3.63, 3.8) is 0 Å². The van der Waals surface area contributed by atoms with E-state index in [4.69, 9.17) is 9.97 Å². The molecule has 5 rings (SSSR count). The molecule has 0 N–H and O–H groups in total. The minimum absolute atomic E-state index is 0.168. The molecule has 0 aromatic carbocycles. The van der Waals surface area contributed by atoms with Crippen molar-refractivity contribution in [2.45, 2.75) is 57.1 Å². The van der Waals surface area contributed by atoms with Crippen LogP contribution in [0, 0.1) is 0 Å². The van der Waals surface area contributed by atoms with Crippen molar-refractivity contribution in [2.75, 3.05) is 23.7 Å². The number of hydrogen-bond acceptors (Lipinski definition) is 7. The average molecular weight is 442 g/mol. The molecule has 3 aromatic heterocycles. The number of rotatable bonds is 4. The molecule has 0 amide bonds. The maximum Gasteiger partial charge on any atom is 0.183 e. The lowest BCUT2D eigenvalue weighted by atomic mass is 9.96. The Kier molecular flexibility index (Phi) is 5.31. The first kappa shape index (κ1) is 20.0. The second-order valence-corrected chi connectivity index (χ2v) is 11.3. The van der Waals surface area contributed by atoms with E-state index in [0.717, 1.165) is 49.4 Å². The van der Waals surface area contributed by atoms with Gasteiger partial charge in [-0.25, -0.2) is 15.0 Å². The standard InChI is InChI=1S/C22H27N5OS2/c1-3-22(4-2)14-27(11-12-30(22)28)20-18-15-7-5-6-8-17(15)29-21(18)26-19(25-20)16-13-23-9-10-24-16/h9-10,13H,3-8,11-12,14H2,1-2H3. The fraction of sp³-hybridized carbons (Fsp3) is 0.545. The van der Waals surface area contributed by atoms with Crippen molar-refractivity contribution in [2.24, 2.45) is 0 Å². The molecule has 0 bridgehead atoms. The molecule has 2 aliphatic rings. The summed E-state index contributed by atoms with van der Waals surface area (Å²) >= 11 is 1.81. The van der Waals surface area contributed by atoms with Gasteiger partial charge in [0.15, 0.2) is 5.82 Å². The predicted molar refractivity (Wildman–Crippen MR) is 124 cm³/mol. The largest absolute Gasteiger partial charge is 0.354 e. The van der Waals surface area contributed by atoms with Gasteiger partial charge in [0.2, 0.25) is 0 Å². The highest BCUT2D eigenvalue weighted by Gasteiger charge is 2.40. The Hall–Kier alpha value is -1.93. The van der Waals surface area contributed by atoms with E-state index in [1.165, 1.54) is 28.7 Å². The highest BCUT2D eigenvalue weighted by molar-refractivity contribution is 7.86. The molecule has 1 fully saturated rings. The third-order valence-corrected chi connectivity index (χ3v) is 10.1. The minimum atomic E-state index is -0.803. The van der Waals surface area contributed by atoms with E-state index in [9.17, 15) is 4.21 Å². The van der Waals surface area contributed by atoms with Gasteiger partial charge in [0.05, 0.1) is 16.3 Å². The van der Waals surface area contributed by atoms with Crippen molar-refractivity contribution in [3.8, 4) is 11.5 Å². The molecular formula is C22H27N5OS2. The molecule has 1 atom stereocenters. The monoisotopic (exact) mass is 441 g/mol. The maximum atomic E-state index is 12.9. The van der Waals surface area contributed by atoms with E-state index >= 15 is 0 Å². The van der Waals surface area contributed by atoms with Crippen LogP contribution in [0.5, 0.6) is 0 Å². The molecule has 0 spiro atoms. The number of aromatic nitrogens is 4. The highest BCUT2D eigenvalue weighted by Crippen LogP contribution is 2.42. The molecule has 4 heterocycles. The second-order valence-electron chi connectivity index (χ2n) is 8.21. The van der Waals surface area contributed by atoms with E-state index in [-0.39, 0.29) is 4.75 Å². The maximum absolute atomic E-state index is 12.9. The number of nitrogens with zero attached hydrogens (tertiary/aromatic N) is 5. The van der Waals surface area contributed by atoms with Gasteiger partial charge in [0.25, 0.3) is 0 Å². The third-order valence-electron chi connectivity index (χ3n) is 6.68. The van der Waals surface area contributed by atoms with Crippen LogP contribution in [-0.4, -0.2) is 47.7 Å². The summed E-state index contributed by atoms with van der Waals surface area (Å²) in [6.07, 6.45) is 11.6. The van der Waals surface area contributed by atoms with Crippen LogP contribution in [0.4, 0.5) is 5.82 Å². The molecule has 1 aliphatic heterocycles. The van der Waals surface area contributed by atoms with Gasteiger partial charge in [0.1, 0.15) is 16.3 Å². The van der Waals surface area contributed by atoms with Gasteiger partial charge in [-0.3, -0.25) is 9.19 Å². The van der Waals surface area contributed by atoms with Gasteiger partial charge in [-0.15, -0.1) is 11.3 Å². The van der Waals surface area contributed by atoms with Crippen molar-refractivity contribution in [1.29, 1.82) is 0 Å². The van der Waals surface area contributed by atoms with E-state index in [2.05, 4.69) is 28.7 Å². The number of aryl methyl sites for hydroxylation is 2. The van der Waals surface area contributed by atoms with Crippen molar-refractivity contribution in [3.05, 3.63) is 29.0 Å². The normalized spacial score (nSPS) is 21.0. The number of fused-ring (bicyclic) bond motifs is 3. The molecule has 3 aromatic rings. The first-order chi connectivity index (χ1) is 14.6. The summed E-state index contributed by atoms with van der Waals surface area (Å²) < 4.78 is 12.8. The number of thiophene rings is 1. The molecule has 1 unspecified atom stereocenters. The highest BCUT2D eigenvalue weighted by atomic mass is 32.2. The van der Waals surface area contributed by atoms with Crippen LogP contribution in [-0.2, 0) is 23.6 Å². The van der Waals surface area contributed by atoms with Gasteiger partial charge in [-0.1, -0.05) is 13.8 Å². The summed E-state index contributed by atoms with van der Waals surface area (Å²) in [5, 5.41) is 1.22. The van der Waals surface area contributed by atoms with E-state index in [1.54, 1.807) is 18.6 Å². The zero-order valence-corrected chi connectivity index (χ0v) is 19.2. The summed E-state index contributed by atoms with van der Waals surface area (Å²) in [5.41, 5.74) is 2.14. The van der Waals surface area contributed by atoms with E-state index < -0.39 is 10.8 Å². The van der Waals surface area contributed by atoms with Crippen LogP contribution in [0.2, 0.25) is 0 Å². The lowest BCUT2D eigenvalue weighted by Crippen LogP contribution is -2.53. The lowest BCUT2D eigenvalue weighted by molar-refractivity contribution is 0.495. The van der Waals surface area contributed by atoms with Crippen molar-refractivity contribution in [1.82, 2.24) is 19.9 Å². The van der Waals surface area contributed by atoms with Crippen LogP contribution in [0.1, 0.15) is 50.0 Å². The number of hydrogen-bond donors (Lipinski definition) is 0. The Morgan fingerprint density at radius 2 is 2.00 bits per heavy atom. The Morgan fingerprint density at radius 3 is 2.77 bits per heavy atom. The van der Waals surface area contributed by atoms with Gasteiger partial charge >= 0.3 is 0 Å². The molecule has 30 heavy (non-hydrogen) atoms. The van der Waals surface area contributed by atoms with Crippen LogP contribution >= 0.6 is 11.3 Å². The fourth-order valence-electron chi connectivity index (χ4n) is 4.78. The summed E-state index contributed by atoms with van der Waals surface area (Å²) in [6, 6.07) is 0. The molecule has 1 saturated heterocycles. The molecule has 6 nitrogen and oxygen atoms in total. The molecule has 1 aliphatic carbocycles. The molecular weight excluding hydrogens is 414 g/mol. The summed E-state index contributed by atoms with van der Waals surface area (Å²) in [6.45, 7) is 5.88. The summed E-state index contributed by atoms with van der Waals surface area (Å²) in [4.78, 5) is 23.5. The Labute approximate surface area is 183 Å². The molecule has 0 saturated carbocycles. The Morgan fingerprint density at radius 1 is 1.17 bits per heavy atom. The van der Waals surface area contributed by atoms with Crippen LogP contribution in [0.3, 0.4) is 0 Å². The van der Waals surface area contributed by atoms with Crippen molar-refractivity contribution < 1.29 is 4.21 Å². The first-order valence-corrected chi connectivity index (χ1v) is 13.0. The lowest BCUT2D eigenvalue weighted by Gasteiger charge is -2.42. The molecule has 158 valence electrons. The zero-order chi connectivity index (χ0) is 20.7. The van der Waals surface area contributed by atoms with Crippen LogP contribution in [0.25, 0.3) is 21.7 Å². The Balaban J connectivity index is 1.69. The van der Waals surface area contributed by atoms with Gasteiger partial charge < -0.3 is 4.90 Å². The minimum Gasteiger partial charge on any atom is -0.354 e. The van der Waals surface area contributed by atoms with Gasteiger partial charge in [-0.2, -0.15) is 0 Å². The Bertz CT molecular complexity index is 1090. The van der Waals surface area contributed by atoms with Gasteiger partial charge in [-0.05, 0) is 44.1 Å². The van der Waals surface area contributed by atoms with E-state index in [0.29, 0.717) is 17.3 Å². The van der Waals surface area contributed by atoms with Crippen LogP contribution < -0.4 is 4.90 Å². The van der Waals surface area contributed by atoms with E-state index in [1.807, 2.05) is 11.3 Å². The first-order valence-electron chi connectivity index (χ1n) is 10.9. The zero-order valence-electron chi connectivity index (χ0n) is 17.6. The molecule has 8 heteroatoms. The molecule has 0 radical (unpaired) electrons. The van der Waals surface area contributed by atoms with Crippen molar-refractivity contribution >= 4 is 38.2 Å². The predicted octanol–water partition coefficient (Wildman–Crippen LogP) is 4.15. The third kappa shape index (κ3) is 3.24. The summed E-state index contributed by atoms with van der Waals surface area (Å²) in [7, 11) is -0.803. The SMILES string of the molecule is CCC1(CC)CN(c2nc(-c3cnccn3)nc3sc4c(c23)CCCC4)CCS1=O. The van der Waals surface area contributed by atoms with Gasteiger partial charge in [0, 0.05) is 46.9 Å². The number of anilines is 1. The second kappa shape index (κ2) is 7.96. The average Bonchev–Trinajstić information content (AvgIpc) is 3.18. The van der Waals surface area contributed by atoms with Crippen LogP contribution in [0.15, 0.2) is 18.6 Å². The topological polar surface area (TPSA) is 71.9 Å². The quantitative estimate of drug-likeness (QED) is 0.606.